The Morgan fingerprint density at radius 3 is 1.91 bits per heavy atom. The molecule has 0 N–H and O–H groups in total. The molecule has 23 heavy (non-hydrogen) atoms. The fraction of sp³-hybridized carbons (Fsp3) is 0. The minimum absolute atomic E-state index is 0.779. The summed E-state index contributed by atoms with van der Waals surface area (Å²) in [5.41, 5.74) is 4.53. The molecule has 4 aromatic rings. The molecule has 0 unspecified atom stereocenters. The standard InChI is InChI=1S/C22H15Cl/c23-22-15-20(12-13-21(22)17-7-2-1-3-8-17)19-11-10-16-6-4-5-9-18(16)14-19/h1-15H. The Bertz CT molecular complexity index is 971. The molecule has 0 aromatic heterocycles. The summed E-state index contributed by atoms with van der Waals surface area (Å²) in [4.78, 5) is 0. The molecule has 0 fully saturated rings. The van der Waals surface area contributed by atoms with Crippen LogP contribution < -0.4 is 0 Å². The van der Waals surface area contributed by atoms with Crippen LogP contribution in [0, 0.1) is 0 Å². The fourth-order valence-electron chi connectivity index (χ4n) is 2.92. The molecule has 0 aliphatic rings. The molecule has 0 atom stereocenters. The minimum atomic E-state index is 0.779. The monoisotopic (exact) mass is 314 g/mol. The number of hydrogen-bond acceptors (Lipinski definition) is 0. The molecular weight excluding hydrogens is 300 g/mol. The van der Waals surface area contributed by atoms with Crippen molar-refractivity contribution < 1.29 is 0 Å². The summed E-state index contributed by atoms with van der Waals surface area (Å²) in [7, 11) is 0. The lowest BCUT2D eigenvalue weighted by Gasteiger charge is -2.09. The Morgan fingerprint density at radius 1 is 0.478 bits per heavy atom. The van der Waals surface area contributed by atoms with E-state index in [9.17, 15) is 0 Å². The summed E-state index contributed by atoms with van der Waals surface area (Å²) in [6.45, 7) is 0. The van der Waals surface area contributed by atoms with Gasteiger partial charge in [-0.3, -0.25) is 0 Å². The van der Waals surface area contributed by atoms with Gasteiger partial charge in [-0.2, -0.15) is 0 Å². The topological polar surface area (TPSA) is 0 Å². The maximum absolute atomic E-state index is 6.53. The van der Waals surface area contributed by atoms with E-state index in [1.165, 1.54) is 16.3 Å². The zero-order chi connectivity index (χ0) is 15.6. The molecule has 0 nitrogen and oxygen atoms in total. The molecule has 0 aliphatic carbocycles. The van der Waals surface area contributed by atoms with Gasteiger partial charge in [-0.05, 0) is 39.6 Å². The van der Waals surface area contributed by atoms with Crippen molar-refractivity contribution in [3.05, 3.63) is 96.0 Å². The molecule has 4 aromatic carbocycles. The van der Waals surface area contributed by atoms with Crippen LogP contribution in [0.1, 0.15) is 0 Å². The van der Waals surface area contributed by atoms with Crippen molar-refractivity contribution in [3.63, 3.8) is 0 Å². The second-order valence-electron chi connectivity index (χ2n) is 5.62. The molecule has 0 heterocycles. The molecule has 1 heteroatoms. The first-order valence-corrected chi connectivity index (χ1v) is 8.03. The highest BCUT2D eigenvalue weighted by molar-refractivity contribution is 6.33. The Kier molecular flexibility index (Phi) is 3.61. The van der Waals surface area contributed by atoms with E-state index in [0.717, 1.165) is 21.7 Å². The van der Waals surface area contributed by atoms with Gasteiger partial charge >= 0.3 is 0 Å². The maximum atomic E-state index is 6.53. The van der Waals surface area contributed by atoms with Crippen LogP contribution in [0.15, 0.2) is 91.0 Å². The largest absolute Gasteiger partial charge is 0.0836 e. The Balaban J connectivity index is 1.78. The van der Waals surface area contributed by atoms with E-state index in [1.807, 2.05) is 24.3 Å². The molecule has 0 saturated carbocycles. The summed E-state index contributed by atoms with van der Waals surface area (Å²) in [6.07, 6.45) is 0. The lowest BCUT2D eigenvalue weighted by Crippen LogP contribution is -1.83. The van der Waals surface area contributed by atoms with Gasteiger partial charge in [0, 0.05) is 10.6 Å². The van der Waals surface area contributed by atoms with Crippen LogP contribution in [-0.4, -0.2) is 0 Å². The van der Waals surface area contributed by atoms with Crippen LogP contribution in [-0.2, 0) is 0 Å². The average molecular weight is 315 g/mol. The third-order valence-corrected chi connectivity index (χ3v) is 4.45. The first-order valence-electron chi connectivity index (χ1n) is 7.65. The van der Waals surface area contributed by atoms with E-state index in [1.54, 1.807) is 0 Å². The smallest absolute Gasteiger partial charge is 0.0490 e. The van der Waals surface area contributed by atoms with E-state index in [0.29, 0.717) is 0 Å². The molecular formula is C22H15Cl. The summed E-state index contributed by atoms with van der Waals surface area (Å²) in [5, 5.41) is 3.28. The number of rotatable bonds is 2. The third kappa shape index (κ3) is 2.74. The lowest BCUT2D eigenvalue weighted by molar-refractivity contribution is 1.60. The van der Waals surface area contributed by atoms with Crippen LogP contribution in [0.3, 0.4) is 0 Å². The summed E-state index contributed by atoms with van der Waals surface area (Å²) in [5.74, 6) is 0. The van der Waals surface area contributed by atoms with Gasteiger partial charge in [-0.1, -0.05) is 90.5 Å². The second kappa shape index (κ2) is 5.91. The highest BCUT2D eigenvalue weighted by Crippen LogP contribution is 2.33. The zero-order valence-corrected chi connectivity index (χ0v) is 13.3. The van der Waals surface area contributed by atoms with E-state index in [4.69, 9.17) is 11.6 Å². The number of halogens is 1. The van der Waals surface area contributed by atoms with Gasteiger partial charge in [0.25, 0.3) is 0 Å². The van der Waals surface area contributed by atoms with Gasteiger partial charge < -0.3 is 0 Å². The lowest BCUT2D eigenvalue weighted by atomic mass is 9.98. The first-order chi connectivity index (χ1) is 11.3. The highest BCUT2D eigenvalue weighted by atomic mass is 35.5. The summed E-state index contributed by atoms with van der Waals surface area (Å²) < 4.78 is 0. The molecule has 0 saturated heterocycles. The normalized spacial score (nSPS) is 10.8. The van der Waals surface area contributed by atoms with Gasteiger partial charge in [0.15, 0.2) is 0 Å². The predicted molar refractivity (Wildman–Crippen MR) is 99.8 cm³/mol. The summed E-state index contributed by atoms with van der Waals surface area (Å²) in [6, 6.07) is 31.4. The second-order valence-corrected chi connectivity index (χ2v) is 6.03. The zero-order valence-electron chi connectivity index (χ0n) is 12.5. The van der Waals surface area contributed by atoms with E-state index in [2.05, 4.69) is 66.7 Å². The van der Waals surface area contributed by atoms with Crippen molar-refractivity contribution in [2.75, 3.05) is 0 Å². The first kappa shape index (κ1) is 14.0. The number of hydrogen-bond donors (Lipinski definition) is 0. The predicted octanol–water partition coefficient (Wildman–Crippen LogP) is 6.83. The average Bonchev–Trinajstić information content (AvgIpc) is 2.62. The van der Waals surface area contributed by atoms with Crippen molar-refractivity contribution in [1.82, 2.24) is 0 Å². The van der Waals surface area contributed by atoms with Crippen LogP contribution in [0.4, 0.5) is 0 Å². The number of benzene rings is 4. The Morgan fingerprint density at radius 2 is 1.13 bits per heavy atom. The van der Waals surface area contributed by atoms with Crippen LogP contribution in [0.25, 0.3) is 33.0 Å². The van der Waals surface area contributed by atoms with E-state index < -0.39 is 0 Å². The highest BCUT2D eigenvalue weighted by Gasteiger charge is 2.06. The van der Waals surface area contributed by atoms with Crippen molar-refractivity contribution in [3.8, 4) is 22.3 Å². The molecule has 0 bridgehead atoms. The van der Waals surface area contributed by atoms with Gasteiger partial charge in [0.05, 0.1) is 0 Å². The third-order valence-electron chi connectivity index (χ3n) is 4.14. The van der Waals surface area contributed by atoms with E-state index in [-0.39, 0.29) is 0 Å². The van der Waals surface area contributed by atoms with Gasteiger partial charge in [0.1, 0.15) is 0 Å². The Labute approximate surface area is 141 Å². The molecule has 0 amide bonds. The Hall–Kier alpha value is -2.57. The van der Waals surface area contributed by atoms with Crippen molar-refractivity contribution >= 4 is 22.4 Å². The molecule has 0 aliphatic heterocycles. The summed E-state index contributed by atoms with van der Waals surface area (Å²) >= 11 is 6.53. The van der Waals surface area contributed by atoms with Crippen LogP contribution in [0.2, 0.25) is 5.02 Å². The molecule has 4 rings (SSSR count). The molecule has 0 spiro atoms. The number of fused-ring (bicyclic) bond motifs is 1. The van der Waals surface area contributed by atoms with Crippen molar-refractivity contribution in [2.45, 2.75) is 0 Å². The minimum Gasteiger partial charge on any atom is -0.0836 e. The van der Waals surface area contributed by atoms with Gasteiger partial charge in [0.2, 0.25) is 0 Å². The maximum Gasteiger partial charge on any atom is 0.0490 e. The van der Waals surface area contributed by atoms with Crippen molar-refractivity contribution in [2.24, 2.45) is 0 Å². The fourth-order valence-corrected chi connectivity index (χ4v) is 3.21. The molecule has 110 valence electrons. The van der Waals surface area contributed by atoms with Crippen LogP contribution >= 0.6 is 11.6 Å². The van der Waals surface area contributed by atoms with Gasteiger partial charge in [-0.25, -0.2) is 0 Å². The van der Waals surface area contributed by atoms with E-state index >= 15 is 0 Å². The van der Waals surface area contributed by atoms with Crippen molar-refractivity contribution in [1.29, 1.82) is 0 Å². The molecule has 0 radical (unpaired) electrons. The van der Waals surface area contributed by atoms with Crippen LogP contribution in [0.5, 0.6) is 0 Å². The van der Waals surface area contributed by atoms with Gasteiger partial charge in [-0.15, -0.1) is 0 Å². The SMILES string of the molecule is Clc1cc(-c2ccc3ccccc3c2)ccc1-c1ccccc1. The quantitative estimate of drug-likeness (QED) is 0.380.